The SMILES string of the molecule is CC(C)(C)c1cccc(-c2ccc3c(c2)N(c2c(-c4cccc5oc6ccccc6c45)cc(C(C)(C)C)cc2-c2cccc4oc5ccccc5c24)c2cc(C(C)(C)C)cc4c2B3c2cc(-c3cc(-c5ccccc5)cc(C(C)(C)C)c3)ccc2N4c2c(-c3cccc4oc5ccccc5c34)cc(C(C)(C)C)cc2-c2cccc3oc4ccccc4c23)c1. The average molecular weight is 1590 g/mol. The highest BCUT2D eigenvalue weighted by Crippen LogP contribution is 2.59. The quantitative estimate of drug-likeness (QED) is 0.134. The predicted molar refractivity (Wildman–Crippen MR) is 521 cm³/mol. The first-order chi connectivity index (χ1) is 59.1. The molecular formula is C116H97BN2O4. The van der Waals surface area contributed by atoms with Crippen LogP contribution in [0.4, 0.5) is 34.1 Å². The lowest BCUT2D eigenvalue weighted by molar-refractivity contribution is 0.590. The van der Waals surface area contributed by atoms with Gasteiger partial charge in [0.05, 0.1) is 11.4 Å². The van der Waals surface area contributed by atoms with Crippen molar-refractivity contribution in [2.75, 3.05) is 9.80 Å². The fourth-order valence-electron chi connectivity index (χ4n) is 19.9. The second-order valence-electron chi connectivity index (χ2n) is 39.5. The van der Waals surface area contributed by atoms with Gasteiger partial charge in [-0.15, -0.1) is 0 Å². The number of benzene rings is 16. The molecule has 16 aromatic carbocycles. The van der Waals surface area contributed by atoms with Gasteiger partial charge >= 0.3 is 0 Å². The third kappa shape index (κ3) is 12.3. The van der Waals surface area contributed by atoms with E-state index in [0.717, 1.165) is 189 Å². The molecule has 0 bridgehead atoms. The molecule has 0 saturated heterocycles. The van der Waals surface area contributed by atoms with Crippen LogP contribution in [0, 0.1) is 0 Å². The number of hydrogen-bond acceptors (Lipinski definition) is 6. The standard InChI is InChI=1S/C116H97BN2O4/c1-112(2,3)74-35-27-34-69(57-74)71-52-54-91-94(61-71)119(111-89(81-42-30-50-103-107(81)85-38-21-25-46-99(85)122-103)64-77(115(10,11)12)65-90(111)82-43-31-51-104-108(82)86-39-22-26-47-100(86)123-104)96-67-78(116(13,14)15)66-95-109(96)117(91)92-60-70(73-56-72(68-32-17-16-18-33-68)58-75(59-73)113(4,5)6)53-55-93(92)118(95)110-87(79-40-28-48-101-105(79)83-36-19-23-44-97(83)120-101)62-76(114(7,8)9)63-88(110)80-41-29-49-102-106(80)84-37-20-24-45-98(84)121-102/h16-67H,1-15H3. The number of fused-ring (bicyclic) bond motifs is 16. The summed E-state index contributed by atoms with van der Waals surface area (Å²) in [5.74, 6) is 0. The Balaban J connectivity index is 0.958. The van der Waals surface area contributed by atoms with Gasteiger partial charge in [0.25, 0.3) is 6.71 Å². The summed E-state index contributed by atoms with van der Waals surface area (Å²) in [6.45, 7) is 35.0. The van der Waals surface area contributed by atoms with Crippen LogP contribution >= 0.6 is 0 Å². The van der Waals surface area contributed by atoms with Gasteiger partial charge in [-0.3, -0.25) is 0 Å². The maximum Gasteiger partial charge on any atom is 0.252 e. The van der Waals surface area contributed by atoms with E-state index < -0.39 is 5.41 Å². The molecule has 0 fully saturated rings. The zero-order chi connectivity index (χ0) is 84.2. The highest BCUT2D eigenvalue weighted by Gasteiger charge is 2.47. The maximum atomic E-state index is 7.05. The second-order valence-corrected chi connectivity index (χ2v) is 39.5. The average Bonchev–Trinajstić information content (AvgIpc) is 0.999. The molecule has 598 valence electrons. The van der Waals surface area contributed by atoms with Crippen molar-refractivity contribution in [3.8, 4) is 77.9 Å². The first-order valence-corrected chi connectivity index (χ1v) is 43.5. The van der Waals surface area contributed by atoms with Crippen molar-refractivity contribution in [1.29, 1.82) is 0 Å². The normalized spacial score (nSPS) is 13.3. The van der Waals surface area contributed by atoms with E-state index in [-0.39, 0.29) is 28.4 Å². The van der Waals surface area contributed by atoms with Crippen LogP contribution in [-0.2, 0) is 27.1 Å². The molecule has 0 saturated carbocycles. The molecule has 0 amide bonds. The molecule has 0 spiro atoms. The molecule has 22 rings (SSSR count). The molecule has 6 nitrogen and oxygen atoms in total. The van der Waals surface area contributed by atoms with Crippen LogP contribution in [0.2, 0.25) is 0 Å². The van der Waals surface area contributed by atoms with Crippen molar-refractivity contribution < 1.29 is 17.7 Å². The summed E-state index contributed by atoms with van der Waals surface area (Å²) in [6.07, 6.45) is 0. The van der Waals surface area contributed by atoms with Gasteiger partial charge in [-0.25, -0.2) is 0 Å². The first kappa shape index (κ1) is 75.6. The minimum absolute atomic E-state index is 0.127. The molecule has 2 aliphatic heterocycles. The highest BCUT2D eigenvalue weighted by molar-refractivity contribution is 7.00. The van der Waals surface area contributed by atoms with Gasteiger partial charge in [0.2, 0.25) is 0 Å². The monoisotopic (exact) mass is 1590 g/mol. The van der Waals surface area contributed by atoms with E-state index in [9.17, 15) is 0 Å². The Morgan fingerprint density at radius 3 is 0.935 bits per heavy atom. The third-order valence-corrected chi connectivity index (χ3v) is 26.4. The second kappa shape index (κ2) is 27.4. The van der Waals surface area contributed by atoms with Gasteiger partial charge in [-0.2, -0.15) is 0 Å². The summed E-state index contributed by atoms with van der Waals surface area (Å²) in [5, 5.41) is 8.47. The van der Waals surface area contributed by atoms with Crippen molar-refractivity contribution in [3.05, 3.63) is 343 Å². The third-order valence-electron chi connectivity index (χ3n) is 26.4. The van der Waals surface area contributed by atoms with Crippen molar-refractivity contribution in [3.63, 3.8) is 0 Å². The molecule has 123 heavy (non-hydrogen) atoms. The number of rotatable bonds is 9. The number of furan rings is 4. The van der Waals surface area contributed by atoms with E-state index >= 15 is 0 Å². The van der Waals surface area contributed by atoms with Crippen LogP contribution in [0.15, 0.2) is 333 Å². The van der Waals surface area contributed by atoms with Crippen molar-refractivity contribution in [2.24, 2.45) is 0 Å². The lowest BCUT2D eigenvalue weighted by Gasteiger charge is -2.47. The highest BCUT2D eigenvalue weighted by atomic mass is 16.3. The van der Waals surface area contributed by atoms with Crippen LogP contribution < -0.4 is 26.2 Å². The summed E-state index contributed by atoms with van der Waals surface area (Å²) in [7, 11) is 0. The Morgan fingerprint density at radius 2 is 0.520 bits per heavy atom. The first-order valence-electron chi connectivity index (χ1n) is 43.5. The molecule has 0 aliphatic carbocycles. The van der Waals surface area contributed by atoms with Crippen LogP contribution in [0.25, 0.3) is 166 Å². The van der Waals surface area contributed by atoms with Crippen molar-refractivity contribution in [2.45, 2.75) is 131 Å². The topological polar surface area (TPSA) is 59.0 Å². The van der Waals surface area contributed by atoms with E-state index in [4.69, 9.17) is 17.7 Å². The number of anilines is 6. The number of para-hydroxylation sites is 4. The Kier molecular flexibility index (Phi) is 16.9. The van der Waals surface area contributed by atoms with E-state index in [1.807, 2.05) is 0 Å². The Morgan fingerprint density at radius 1 is 0.203 bits per heavy atom. The zero-order valence-electron chi connectivity index (χ0n) is 72.6. The van der Waals surface area contributed by atoms with Crippen LogP contribution in [0.5, 0.6) is 0 Å². The van der Waals surface area contributed by atoms with E-state index in [0.29, 0.717) is 0 Å². The maximum absolute atomic E-state index is 7.05. The lowest BCUT2D eigenvalue weighted by atomic mass is 9.33. The molecule has 2 aliphatic rings. The van der Waals surface area contributed by atoms with Crippen molar-refractivity contribution in [1.82, 2.24) is 0 Å². The van der Waals surface area contributed by atoms with Gasteiger partial charge < -0.3 is 27.5 Å². The van der Waals surface area contributed by atoms with E-state index in [1.54, 1.807) is 0 Å². The van der Waals surface area contributed by atoms with Gasteiger partial charge in [-0.1, -0.05) is 316 Å². The smallest absolute Gasteiger partial charge is 0.252 e. The van der Waals surface area contributed by atoms with Gasteiger partial charge in [0.1, 0.15) is 44.7 Å². The largest absolute Gasteiger partial charge is 0.456 e. The van der Waals surface area contributed by atoms with E-state index in [1.165, 1.54) is 55.3 Å². The molecule has 0 unspecified atom stereocenters. The fraction of sp³-hybridized carbons (Fsp3) is 0.172. The molecule has 6 heterocycles. The summed E-state index contributed by atoms with van der Waals surface area (Å²) in [4.78, 5) is 5.49. The summed E-state index contributed by atoms with van der Waals surface area (Å²) < 4.78 is 28.2. The summed E-state index contributed by atoms with van der Waals surface area (Å²) in [6, 6.07) is 119. The minimum atomic E-state index is -0.443. The molecule has 0 atom stereocenters. The summed E-state index contributed by atoms with van der Waals surface area (Å²) >= 11 is 0. The Labute approximate surface area is 719 Å². The van der Waals surface area contributed by atoms with Gasteiger partial charge in [0.15, 0.2) is 0 Å². The molecule has 0 radical (unpaired) electrons. The Bertz CT molecular complexity index is 7530. The van der Waals surface area contributed by atoms with Gasteiger partial charge in [0, 0.05) is 88.1 Å². The van der Waals surface area contributed by atoms with Crippen molar-refractivity contribution >= 4 is 145 Å². The van der Waals surface area contributed by atoms with Gasteiger partial charge in [-0.05, 0) is 230 Å². The van der Waals surface area contributed by atoms with Crippen LogP contribution in [-0.4, -0.2) is 6.71 Å². The molecule has 20 aromatic rings. The molecule has 7 heteroatoms. The lowest BCUT2D eigenvalue weighted by Crippen LogP contribution is -2.61. The molecule has 0 N–H and O–H groups in total. The summed E-state index contributed by atoms with van der Waals surface area (Å²) in [5.41, 5.74) is 36.8. The molecule has 4 aromatic heterocycles. The minimum Gasteiger partial charge on any atom is -0.456 e. The van der Waals surface area contributed by atoms with Crippen LogP contribution in [0.1, 0.15) is 132 Å². The van der Waals surface area contributed by atoms with Crippen LogP contribution in [0.3, 0.4) is 0 Å². The fourth-order valence-corrected chi connectivity index (χ4v) is 19.9. The molecular weight excluding hydrogens is 1500 g/mol. The zero-order valence-corrected chi connectivity index (χ0v) is 72.6. The number of nitrogens with zero attached hydrogens (tertiary/aromatic N) is 2. The predicted octanol–water partition coefficient (Wildman–Crippen LogP) is 31.5. The number of hydrogen-bond donors (Lipinski definition) is 0. The Hall–Kier alpha value is -13.6. The van der Waals surface area contributed by atoms with E-state index in [2.05, 4.69) is 429 Å².